The SMILES string of the molecule is CCOC(C1CC1)C(N)C1=COCCC1. The maximum Gasteiger partial charge on any atom is 0.0876 e. The zero-order chi connectivity index (χ0) is 10.7. The molecule has 0 aromatic rings. The van der Waals surface area contributed by atoms with Crippen LogP contribution < -0.4 is 5.73 Å². The molecule has 1 fully saturated rings. The molecule has 0 saturated heterocycles. The molecule has 0 amide bonds. The van der Waals surface area contributed by atoms with E-state index in [1.54, 1.807) is 0 Å². The predicted octanol–water partition coefficient (Wildman–Crippen LogP) is 1.82. The summed E-state index contributed by atoms with van der Waals surface area (Å²) < 4.78 is 11.1. The second kappa shape index (κ2) is 4.99. The van der Waals surface area contributed by atoms with Gasteiger partial charge in [-0.2, -0.15) is 0 Å². The lowest BCUT2D eigenvalue weighted by atomic mass is 9.95. The molecule has 0 aromatic carbocycles. The number of rotatable bonds is 5. The Balaban J connectivity index is 1.96. The van der Waals surface area contributed by atoms with Gasteiger partial charge in [0.2, 0.25) is 0 Å². The summed E-state index contributed by atoms with van der Waals surface area (Å²) in [6.07, 6.45) is 6.75. The van der Waals surface area contributed by atoms with Crippen LogP contribution in [0.15, 0.2) is 11.8 Å². The van der Waals surface area contributed by atoms with Crippen LogP contribution in [-0.2, 0) is 9.47 Å². The molecule has 1 aliphatic heterocycles. The predicted molar refractivity (Wildman–Crippen MR) is 59.4 cm³/mol. The molecule has 2 rings (SSSR count). The van der Waals surface area contributed by atoms with Crippen LogP contribution in [0, 0.1) is 5.92 Å². The van der Waals surface area contributed by atoms with Gasteiger partial charge in [0.25, 0.3) is 0 Å². The van der Waals surface area contributed by atoms with Crippen molar-refractivity contribution in [3.63, 3.8) is 0 Å². The molecule has 1 aliphatic carbocycles. The third kappa shape index (κ3) is 2.73. The minimum atomic E-state index is 0.0396. The van der Waals surface area contributed by atoms with Crippen molar-refractivity contribution in [2.75, 3.05) is 13.2 Å². The standard InChI is InChI=1S/C12H21NO2/c1-2-15-12(9-5-6-9)11(13)10-4-3-7-14-8-10/h8-9,11-12H,2-7,13H2,1H3. The van der Waals surface area contributed by atoms with Crippen molar-refractivity contribution in [1.82, 2.24) is 0 Å². The van der Waals surface area contributed by atoms with Gasteiger partial charge in [-0.1, -0.05) is 0 Å². The Morgan fingerprint density at radius 3 is 2.93 bits per heavy atom. The Kier molecular flexibility index (Phi) is 3.65. The number of nitrogens with two attached hydrogens (primary N) is 1. The van der Waals surface area contributed by atoms with Crippen LogP contribution >= 0.6 is 0 Å². The van der Waals surface area contributed by atoms with E-state index in [0.29, 0.717) is 5.92 Å². The van der Waals surface area contributed by atoms with Crippen molar-refractivity contribution < 1.29 is 9.47 Å². The number of hydrogen-bond acceptors (Lipinski definition) is 3. The second-order valence-electron chi connectivity index (χ2n) is 4.45. The maximum atomic E-state index is 6.25. The monoisotopic (exact) mass is 211 g/mol. The highest BCUT2D eigenvalue weighted by molar-refractivity contribution is 5.13. The largest absolute Gasteiger partial charge is 0.501 e. The van der Waals surface area contributed by atoms with Gasteiger partial charge in [0.05, 0.1) is 25.0 Å². The van der Waals surface area contributed by atoms with Gasteiger partial charge in [0.1, 0.15) is 0 Å². The molecule has 1 saturated carbocycles. The summed E-state index contributed by atoms with van der Waals surface area (Å²) in [6.45, 7) is 3.62. The maximum absolute atomic E-state index is 6.25. The molecular weight excluding hydrogens is 190 g/mol. The molecule has 1 heterocycles. The fraction of sp³-hybridized carbons (Fsp3) is 0.833. The molecule has 0 bridgehead atoms. The van der Waals surface area contributed by atoms with E-state index in [0.717, 1.165) is 26.1 Å². The van der Waals surface area contributed by atoms with Gasteiger partial charge in [0.15, 0.2) is 0 Å². The van der Waals surface area contributed by atoms with Crippen molar-refractivity contribution in [2.45, 2.75) is 44.8 Å². The van der Waals surface area contributed by atoms with Gasteiger partial charge in [0, 0.05) is 6.61 Å². The average Bonchev–Trinajstić information content (AvgIpc) is 3.10. The fourth-order valence-corrected chi connectivity index (χ4v) is 2.19. The molecule has 0 spiro atoms. The fourth-order valence-electron chi connectivity index (χ4n) is 2.19. The minimum Gasteiger partial charge on any atom is -0.501 e. The average molecular weight is 211 g/mol. The van der Waals surface area contributed by atoms with Gasteiger partial charge in [-0.15, -0.1) is 0 Å². The van der Waals surface area contributed by atoms with E-state index in [2.05, 4.69) is 0 Å². The van der Waals surface area contributed by atoms with E-state index in [4.69, 9.17) is 15.2 Å². The summed E-state index contributed by atoms with van der Waals surface area (Å²) in [5.41, 5.74) is 7.47. The summed E-state index contributed by atoms with van der Waals surface area (Å²) in [5, 5.41) is 0. The van der Waals surface area contributed by atoms with Crippen LogP contribution in [0.4, 0.5) is 0 Å². The molecule has 86 valence electrons. The third-order valence-electron chi connectivity index (χ3n) is 3.19. The highest BCUT2D eigenvalue weighted by Gasteiger charge is 2.37. The molecule has 2 atom stereocenters. The van der Waals surface area contributed by atoms with Gasteiger partial charge >= 0.3 is 0 Å². The van der Waals surface area contributed by atoms with Crippen LogP contribution in [0.2, 0.25) is 0 Å². The quantitative estimate of drug-likeness (QED) is 0.754. The molecular formula is C12H21NO2. The van der Waals surface area contributed by atoms with Crippen LogP contribution in [0.25, 0.3) is 0 Å². The molecule has 15 heavy (non-hydrogen) atoms. The molecule has 3 nitrogen and oxygen atoms in total. The first-order valence-corrected chi connectivity index (χ1v) is 6.00. The zero-order valence-electron chi connectivity index (χ0n) is 9.45. The molecule has 2 unspecified atom stereocenters. The van der Waals surface area contributed by atoms with Crippen molar-refractivity contribution in [3.05, 3.63) is 11.8 Å². The van der Waals surface area contributed by atoms with Crippen molar-refractivity contribution >= 4 is 0 Å². The summed E-state index contributed by atoms with van der Waals surface area (Å²) in [7, 11) is 0. The van der Waals surface area contributed by atoms with Gasteiger partial charge in [-0.25, -0.2) is 0 Å². The topological polar surface area (TPSA) is 44.5 Å². The number of ether oxygens (including phenoxy) is 2. The Hall–Kier alpha value is -0.540. The molecule has 3 heteroatoms. The minimum absolute atomic E-state index is 0.0396. The summed E-state index contributed by atoms with van der Waals surface area (Å²) in [5.74, 6) is 0.683. The van der Waals surface area contributed by atoms with Crippen molar-refractivity contribution in [1.29, 1.82) is 0 Å². The third-order valence-corrected chi connectivity index (χ3v) is 3.19. The first kappa shape index (κ1) is 11.0. The van der Waals surface area contributed by atoms with Gasteiger partial charge in [-0.05, 0) is 44.1 Å². The lowest BCUT2D eigenvalue weighted by Gasteiger charge is -2.27. The van der Waals surface area contributed by atoms with Crippen LogP contribution in [0.1, 0.15) is 32.6 Å². The summed E-state index contributed by atoms with van der Waals surface area (Å²) in [6, 6.07) is 0.0396. The van der Waals surface area contributed by atoms with Crippen molar-refractivity contribution in [3.8, 4) is 0 Å². The van der Waals surface area contributed by atoms with E-state index < -0.39 is 0 Å². The smallest absolute Gasteiger partial charge is 0.0876 e. The summed E-state index contributed by atoms with van der Waals surface area (Å²) >= 11 is 0. The van der Waals surface area contributed by atoms with Crippen LogP contribution in [0.5, 0.6) is 0 Å². The van der Waals surface area contributed by atoms with Crippen LogP contribution in [0.3, 0.4) is 0 Å². The molecule has 2 aliphatic rings. The number of hydrogen-bond donors (Lipinski definition) is 1. The first-order valence-electron chi connectivity index (χ1n) is 6.00. The van der Waals surface area contributed by atoms with E-state index in [-0.39, 0.29) is 12.1 Å². The lowest BCUT2D eigenvalue weighted by molar-refractivity contribution is 0.0337. The van der Waals surface area contributed by atoms with E-state index in [1.807, 2.05) is 13.2 Å². The first-order chi connectivity index (χ1) is 7.33. The lowest BCUT2D eigenvalue weighted by Crippen LogP contribution is -2.40. The van der Waals surface area contributed by atoms with E-state index in [1.165, 1.54) is 18.4 Å². The van der Waals surface area contributed by atoms with E-state index >= 15 is 0 Å². The summed E-state index contributed by atoms with van der Waals surface area (Å²) in [4.78, 5) is 0. The van der Waals surface area contributed by atoms with Gasteiger partial charge < -0.3 is 15.2 Å². The highest BCUT2D eigenvalue weighted by Crippen LogP contribution is 2.37. The van der Waals surface area contributed by atoms with Crippen molar-refractivity contribution in [2.24, 2.45) is 11.7 Å². The Bertz CT molecular complexity index is 236. The Labute approximate surface area is 91.6 Å². The highest BCUT2D eigenvalue weighted by atomic mass is 16.5. The Morgan fingerprint density at radius 1 is 1.60 bits per heavy atom. The normalized spacial score (nSPS) is 25.3. The van der Waals surface area contributed by atoms with Crippen LogP contribution in [-0.4, -0.2) is 25.4 Å². The van der Waals surface area contributed by atoms with E-state index in [9.17, 15) is 0 Å². The second-order valence-corrected chi connectivity index (χ2v) is 4.45. The van der Waals surface area contributed by atoms with Gasteiger partial charge in [-0.3, -0.25) is 0 Å². The zero-order valence-corrected chi connectivity index (χ0v) is 9.45. The molecule has 0 aromatic heterocycles. The molecule has 0 radical (unpaired) electrons. The Morgan fingerprint density at radius 2 is 2.40 bits per heavy atom. The molecule has 2 N–H and O–H groups in total.